The Bertz CT molecular complexity index is 1680. The second-order valence-corrected chi connectivity index (χ2v) is 17.2. The summed E-state index contributed by atoms with van der Waals surface area (Å²) in [5.41, 5.74) is 2.15. The molecule has 0 saturated heterocycles. The quantitative estimate of drug-likeness (QED) is 0.0194. The largest absolute Gasteiger partial charge is 0.594 e. The second kappa shape index (κ2) is 37.0. The molecule has 66 heavy (non-hydrogen) atoms. The third-order valence-electron chi connectivity index (χ3n) is 11.3. The summed E-state index contributed by atoms with van der Waals surface area (Å²) in [7, 11) is 0. The molecule has 0 heterocycles. The van der Waals surface area contributed by atoms with Crippen LogP contribution in [0.2, 0.25) is 0 Å². The molecule has 0 amide bonds. The van der Waals surface area contributed by atoms with Crippen molar-refractivity contribution in [1.29, 1.82) is 0 Å². The van der Waals surface area contributed by atoms with Crippen LogP contribution >= 0.6 is 0 Å². The molecule has 0 N–H and O–H groups in total. The van der Waals surface area contributed by atoms with Crippen LogP contribution in [0.15, 0.2) is 107 Å². The minimum absolute atomic E-state index is 0.477. The van der Waals surface area contributed by atoms with E-state index in [-0.39, 0.29) is 0 Å². The number of ether oxygens (including phenoxy) is 4. The van der Waals surface area contributed by atoms with E-state index in [9.17, 15) is 10.4 Å². The van der Waals surface area contributed by atoms with Crippen LogP contribution in [0.1, 0.15) is 182 Å². The molecule has 0 unspecified atom stereocenters. The fourth-order valence-corrected chi connectivity index (χ4v) is 7.17. The van der Waals surface area contributed by atoms with E-state index in [4.69, 9.17) is 18.9 Å². The molecule has 0 aliphatic carbocycles. The number of benzene rings is 4. The first-order valence-corrected chi connectivity index (χ1v) is 25.7. The predicted molar refractivity (Wildman–Crippen MR) is 272 cm³/mol. The van der Waals surface area contributed by atoms with Crippen LogP contribution in [0.4, 0.5) is 22.7 Å². The van der Waals surface area contributed by atoms with Crippen molar-refractivity contribution in [2.45, 2.75) is 182 Å². The van der Waals surface area contributed by atoms with Crippen molar-refractivity contribution in [2.75, 3.05) is 26.4 Å². The summed E-state index contributed by atoms with van der Waals surface area (Å²) in [5.74, 6) is 3.19. The van der Waals surface area contributed by atoms with Crippen LogP contribution in [0.5, 0.6) is 23.0 Å². The summed E-state index contributed by atoms with van der Waals surface area (Å²) in [6.07, 6.45) is 29.8. The molecule has 364 valence electrons. The summed E-state index contributed by atoms with van der Waals surface area (Å²) < 4.78 is 23.1. The Morgan fingerprint density at radius 2 is 0.515 bits per heavy atom. The van der Waals surface area contributed by atoms with E-state index in [1.165, 1.54) is 128 Å². The molecule has 0 bridgehead atoms. The van der Waals surface area contributed by atoms with Gasteiger partial charge < -0.3 is 29.4 Å². The van der Waals surface area contributed by atoms with Gasteiger partial charge in [-0.05, 0) is 98.5 Å². The van der Waals surface area contributed by atoms with E-state index in [1.54, 1.807) is 48.5 Å². The molecule has 0 saturated carbocycles. The average molecular weight is 909 g/mol. The zero-order chi connectivity index (χ0) is 47.1. The van der Waals surface area contributed by atoms with Crippen LogP contribution in [0.25, 0.3) is 0 Å². The number of rotatable bonds is 36. The van der Waals surface area contributed by atoms with Crippen LogP contribution < -0.4 is 18.9 Å². The Labute approximate surface area is 399 Å². The highest BCUT2D eigenvalue weighted by Crippen LogP contribution is 2.25. The molecule has 0 aromatic heterocycles. The molecule has 4 rings (SSSR count). The molecule has 0 fully saturated rings. The highest BCUT2D eigenvalue weighted by molar-refractivity contribution is 5.42. The van der Waals surface area contributed by atoms with E-state index in [0.29, 0.717) is 45.7 Å². The zero-order valence-electron chi connectivity index (χ0n) is 41.3. The van der Waals surface area contributed by atoms with E-state index >= 15 is 0 Å². The Morgan fingerprint density at radius 3 is 0.758 bits per heavy atom. The van der Waals surface area contributed by atoms with Crippen molar-refractivity contribution >= 4 is 22.7 Å². The van der Waals surface area contributed by atoms with Crippen LogP contribution in [0.3, 0.4) is 0 Å². The molecular formula is C56H84N4O6. The van der Waals surface area contributed by atoms with Crippen LogP contribution in [0, 0.1) is 10.4 Å². The van der Waals surface area contributed by atoms with Gasteiger partial charge in [-0.15, -0.1) is 0 Å². The molecule has 4 aromatic rings. The minimum Gasteiger partial charge on any atom is -0.594 e. The lowest BCUT2D eigenvalue weighted by Gasteiger charge is -2.07. The topological polar surface area (TPSA) is 114 Å². The lowest BCUT2D eigenvalue weighted by atomic mass is 10.1. The summed E-state index contributed by atoms with van der Waals surface area (Å²) in [6, 6.07) is 28.9. The van der Waals surface area contributed by atoms with E-state index in [0.717, 1.165) is 61.9 Å². The molecule has 0 radical (unpaired) electrons. The Morgan fingerprint density at radius 1 is 0.303 bits per heavy atom. The Kier molecular flexibility index (Phi) is 31.0. The van der Waals surface area contributed by atoms with Gasteiger partial charge in [0.05, 0.1) is 26.4 Å². The average Bonchev–Trinajstić information content (AvgIpc) is 3.34. The van der Waals surface area contributed by atoms with Gasteiger partial charge in [0.25, 0.3) is 0 Å². The van der Waals surface area contributed by atoms with E-state index in [2.05, 4.69) is 37.9 Å². The normalized spacial score (nSPS) is 11.5. The molecule has 10 nitrogen and oxygen atoms in total. The standard InChI is InChI=1S/2C28H42N2O3/c2*1-3-5-7-9-11-13-23-32-27-19-15-25(16-20-27)29-30(31)26-17-21-28(22-18-26)33-24-14-12-10-8-6-4-2/h2*15-22H,3-14,23-24H2,1-2H3. The van der Waals surface area contributed by atoms with Crippen molar-refractivity contribution in [1.82, 2.24) is 0 Å². The minimum atomic E-state index is 0.477. The van der Waals surface area contributed by atoms with Crippen molar-refractivity contribution in [2.24, 2.45) is 10.2 Å². The first kappa shape index (κ1) is 55.2. The van der Waals surface area contributed by atoms with Gasteiger partial charge in [-0.2, -0.15) is 0 Å². The third-order valence-corrected chi connectivity index (χ3v) is 11.3. The summed E-state index contributed by atoms with van der Waals surface area (Å²) in [5, 5.41) is 33.0. The SMILES string of the molecule is CCCCCCCCOc1ccc(N=[N+]([O-])c2ccc(OCCCCCCCC)cc2)cc1.CCCCCCCCOc1ccc(N=[N+]([O-])c2ccc(OCCCCCCCC)cc2)cc1. The molecule has 0 spiro atoms. The van der Waals surface area contributed by atoms with Crippen molar-refractivity contribution in [3.8, 4) is 23.0 Å². The molecule has 10 heteroatoms. The molecule has 4 aromatic carbocycles. The molecular weight excluding hydrogens is 825 g/mol. The molecule has 0 aliphatic rings. The number of nitrogens with zero attached hydrogens (tertiary/aromatic N) is 4. The van der Waals surface area contributed by atoms with Gasteiger partial charge >= 0.3 is 0 Å². The van der Waals surface area contributed by atoms with E-state index in [1.807, 2.05) is 48.5 Å². The molecule has 0 aliphatic heterocycles. The van der Waals surface area contributed by atoms with Gasteiger partial charge in [0.15, 0.2) is 0 Å². The number of azo groups is 2. The Balaban J connectivity index is 0.000000350. The maximum absolute atomic E-state index is 12.4. The lowest BCUT2D eigenvalue weighted by molar-refractivity contribution is -0.435. The Hall–Kier alpha value is -5.12. The van der Waals surface area contributed by atoms with Gasteiger partial charge in [-0.1, -0.05) is 166 Å². The van der Waals surface area contributed by atoms with Crippen LogP contribution in [-0.4, -0.2) is 36.1 Å². The van der Waals surface area contributed by atoms with Gasteiger partial charge in [0.2, 0.25) is 11.4 Å². The highest BCUT2D eigenvalue weighted by Gasteiger charge is 2.08. The first-order chi connectivity index (χ1) is 32.4. The third kappa shape index (κ3) is 26.1. The fraction of sp³-hybridized carbons (Fsp3) is 0.571. The van der Waals surface area contributed by atoms with Gasteiger partial charge in [-0.3, -0.25) is 0 Å². The van der Waals surface area contributed by atoms with Gasteiger partial charge in [0, 0.05) is 34.5 Å². The monoisotopic (exact) mass is 909 g/mol. The maximum atomic E-state index is 12.4. The second-order valence-electron chi connectivity index (χ2n) is 17.2. The van der Waals surface area contributed by atoms with Gasteiger partial charge in [0.1, 0.15) is 34.4 Å². The van der Waals surface area contributed by atoms with Crippen molar-refractivity contribution < 1.29 is 28.7 Å². The van der Waals surface area contributed by atoms with Crippen molar-refractivity contribution in [3.05, 3.63) is 107 Å². The van der Waals surface area contributed by atoms with E-state index < -0.39 is 0 Å². The fourth-order valence-electron chi connectivity index (χ4n) is 7.17. The number of unbranched alkanes of at least 4 members (excludes halogenated alkanes) is 20. The summed E-state index contributed by atoms with van der Waals surface area (Å²) >= 11 is 0. The zero-order valence-corrected chi connectivity index (χ0v) is 41.3. The summed E-state index contributed by atoms with van der Waals surface area (Å²) in [6.45, 7) is 11.8. The predicted octanol–water partition coefficient (Wildman–Crippen LogP) is 18.2. The molecule has 0 atom stereocenters. The van der Waals surface area contributed by atoms with Crippen LogP contribution in [-0.2, 0) is 0 Å². The first-order valence-electron chi connectivity index (χ1n) is 25.7. The van der Waals surface area contributed by atoms with Crippen molar-refractivity contribution in [3.63, 3.8) is 0 Å². The highest BCUT2D eigenvalue weighted by atomic mass is 16.5. The van der Waals surface area contributed by atoms with Gasteiger partial charge in [-0.25, -0.2) is 0 Å². The summed E-state index contributed by atoms with van der Waals surface area (Å²) in [4.78, 5) is 1.29. The maximum Gasteiger partial charge on any atom is 0.245 e. The number of hydrogen-bond donors (Lipinski definition) is 0. The number of hydrogen-bond acceptors (Lipinski definition) is 8. The lowest BCUT2D eigenvalue weighted by Crippen LogP contribution is -1.98. The smallest absolute Gasteiger partial charge is 0.245 e.